The summed E-state index contributed by atoms with van der Waals surface area (Å²) >= 11 is 2.51. The second-order valence-corrected chi connectivity index (χ2v) is 5.44. The summed E-state index contributed by atoms with van der Waals surface area (Å²) in [5.41, 5.74) is 1.18. The summed E-state index contributed by atoms with van der Waals surface area (Å²) in [6, 6.07) is 3.19. The molecule has 0 radical (unpaired) electrons. The molecule has 2 rings (SSSR count). The van der Waals surface area contributed by atoms with Crippen LogP contribution in [0.3, 0.4) is 0 Å². The number of thioether (sulfide) groups is 1. The Morgan fingerprint density at radius 1 is 1.61 bits per heavy atom. The summed E-state index contributed by atoms with van der Waals surface area (Å²) in [6.07, 6.45) is 0. The molecule has 7 heteroatoms. The fourth-order valence-corrected chi connectivity index (χ4v) is 3.17. The minimum Gasteiger partial charge on any atom is -0.477 e. The Kier molecular flexibility index (Phi) is 3.83. The van der Waals surface area contributed by atoms with Crippen LogP contribution >= 0.6 is 23.1 Å². The summed E-state index contributed by atoms with van der Waals surface area (Å²) in [4.78, 5) is 29.3. The van der Waals surface area contributed by atoms with Gasteiger partial charge in [-0.3, -0.25) is 4.79 Å². The number of aromatic carboxylic acids is 1. The van der Waals surface area contributed by atoms with Crippen LogP contribution in [0.4, 0.5) is 0 Å². The van der Waals surface area contributed by atoms with Crippen molar-refractivity contribution in [2.24, 2.45) is 0 Å². The number of aromatic amines is 1. The van der Waals surface area contributed by atoms with Crippen LogP contribution < -0.4 is 5.56 Å². The van der Waals surface area contributed by atoms with Crippen molar-refractivity contribution in [3.05, 3.63) is 44.0 Å². The standard InChI is InChI=1S/C11H10N2O3S2/c1-6-4-8(14)13-11(12-6)18-5-7-2-3-17-9(7)10(15)16/h2-4H,5H2,1H3,(H,15,16)(H,12,13,14). The van der Waals surface area contributed by atoms with Crippen molar-refractivity contribution in [3.63, 3.8) is 0 Å². The first-order valence-corrected chi connectivity index (χ1v) is 6.93. The van der Waals surface area contributed by atoms with E-state index in [9.17, 15) is 9.59 Å². The fourth-order valence-electron chi connectivity index (χ4n) is 1.40. The lowest BCUT2D eigenvalue weighted by atomic mass is 10.3. The lowest BCUT2D eigenvalue weighted by molar-refractivity contribution is 0.0701. The van der Waals surface area contributed by atoms with Gasteiger partial charge in [0.2, 0.25) is 0 Å². The topological polar surface area (TPSA) is 83.0 Å². The molecule has 0 fully saturated rings. The Balaban J connectivity index is 2.14. The van der Waals surface area contributed by atoms with Gasteiger partial charge in [0.15, 0.2) is 5.16 Å². The van der Waals surface area contributed by atoms with Gasteiger partial charge in [0.25, 0.3) is 5.56 Å². The van der Waals surface area contributed by atoms with Gasteiger partial charge in [0.1, 0.15) is 4.88 Å². The van der Waals surface area contributed by atoms with E-state index in [0.717, 1.165) is 5.56 Å². The van der Waals surface area contributed by atoms with Crippen molar-refractivity contribution in [2.45, 2.75) is 17.8 Å². The number of carboxylic acid groups (broad SMARTS) is 1. The fraction of sp³-hybridized carbons (Fsp3) is 0.182. The highest BCUT2D eigenvalue weighted by molar-refractivity contribution is 7.98. The smallest absolute Gasteiger partial charge is 0.346 e. The molecule has 0 aliphatic carbocycles. The third kappa shape index (κ3) is 2.99. The summed E-state index contributed by atoms with van der Waals surface area (Å²) in [5.74, 6) is -0.455. The molecule has 0 amide bonds. The van der Waals surface area contributed by atoms with Crippen LogP contribution in [0.15, 0.2) is 27.5 Å². The highest BCUT2D eigenvalue weighted by atomic mass is 32.2. The van der Waals surface area contributed by atoms with E-state index in [2.05, 4.69) is 9.97 Å². The van der Waals surface area contributed by atoms with Crippen molar-refractivity contribution < 1.29 is 9.90 Å². The normalized spacial score (nSPS) is 10.5. The van der Waals surface area contributed by atoms with E-state index >= 15 is 0 Å². The van der Waals surface area contributed by atoms with Crippen molar-refractivity contribution in [1.29, 1.82) is 0 Å². The van der Waals surface area contributed by atoms with Gasteiger partial charge >= 0.3 is 5.97 Å². The van der Waals surface area contributed by atoms with Crippen LogP contribution in [0.25, 0.3) is 0 Å². The summed E-state index contributed by atoms with van der Waals surface area (Å²) in [7, 11) is 0. The predicted molar refractivity (Wildman–Crippen MR) is 70.4 cm³/mol. The van der Waals surface area contributed by atoms with E-state index in [-0.39, 0.29) is 5.56 Å². The SMILES string of the molecule is Cc1cc(=O)[nH]c(SCc2ccsc2C(=O)O)n1. The van der Waals surface area contributed by atoms with E-state index in [4.69, 9.17) is 5.11 Å². The number of aromatic nitrogens is 2. The number of nitrogens with one attached hydrogen (secondary N) is 1. The van der Waals surface area contributed by atoms with Crippen LogP contribution in [-0.2, 0) is 5.75 Å². The Morgan fingerprint density at radius 2 is 2.39 bits per heavy atom. The summed E-state index contributed by atoms with van der Waals surface area (Å²) in [5, 5.41) is 11.2. The molecule has 0 unspecified atom stereocenters. The molecule has 18 heavy (non-hydrogen) atoms. The molecule has 94 valence electrons. The lowest BCUT2D eigenvalue weighted by Crippen LogP contribution is -2.08. The predicted octanol–water partition coefficient (Wildman–Crippen LogP) is 2.13. The first-order valence-electron chi connectivity index (χ1n) is 5.06. The van der Waals surface area contributed by atoms with Gasteiger partial charge in [0, 0.05) is 17.5 Å². The van der Waals surface area contributed by atoms with Gasteiger partial charge in [-0.1, -0.05) is 11.8 Å². The van der Waals surface area contributed by atoms with Gasteiger partial charge < -0.3 is 10.1 Å². The lowest BCUT2D eigenvalue weighted by Gasteiger charge is -2.01. The molecule has 0 aliphatic heterocycles. The molecule has 0 bridgehead atoms. The van der Waals surface area contributed by atoms with Crippen molar-refractivity contribution in [3.8, 4) is 0 Å². The Bertz CT molecular complexity index is 633. The highest BCUT2D eigenvalue weighted by Gasteiger charge is 2.12. The average Bonchev–Trinajstić information content (AvgIpc) is 2.73. The molecular weight excluding hydrogens is 272 g/mol. The number of thiophene rings is 1. The molecule has 0 saturated heterocycles. The molecular formula is C11H10N2O3S2. The van der Waals surface area contributed by atoms with Crippen LogP contribution in [0, 0.1) is 6.92 Å². The molecule has 0 atom stereocenters. The molecule has 0 aromatic carbocycles. The number of aryl methyl sites for hydroxylation is 1. The number of H-pyrrole nitrogens is 1. The van der Waals surface area contributed by atoms with Crippen LogP contribution in [-0.4, -0.2) is 21.0 Å². The highest BCUT2D eigenvalue weighted by Crippen LogP contribution is 2.24. The zero-order valence-electron chi connectivity index (χ0n) is 9.47. The Hall–Kier alpha value is -1.60. The maximum Gasteiger partial charge on any atom is 0.346 e. The molecule has 0 saturated carbocycles. The summed E-state index contributed by atoms with van der Waals surface area (Å²) < 4.78 is 0. The van der Waals surface area contributed by atoms with Crippen molar-refractivity contribution in [1.82, 2.24) is 9.97 Å². The second kappa shape index (κ2) is 5.36. The van der Waals surface area contributed by atoms with Crippen LogP contribution in [0.5, 0.6) is 0 Å². The zero-order valence-corrected chi connectivity index (χ0v) is 11.1. The first-order chi connectivity index (χ1) is 8.56. The van der Waals surface area contributed by atoms with Crippen molar-refractivity contribution in [2.75, 3.05) is 0 Å². The molecule has 2 N–H and O–H groups in total. The molecule has 0 aliphatic rings. The zero-order chi connectivity index (χ0) is 13.1. The van der Waals surface area contributed by atoms with E-state index in [0.29, 0.717) is 21.5 Å². The van der Waals surface area contributed by atoms with Crippen LogP contribution in [0.2, 0.25) is 0 Å². The van der Waals surface area contributed by atoms with Crippen LogP contribution in [0.1, 0.15) is 20.9 Å². The number of hydrogen-bond donors (Lipinski definition) is 2. The third-order valence-electron chi connectivity index (χ3n) is 2.15. The van der Waals surface area contributed by atoms with Crippen molar-refractivity contribution >= 4 is 29.1 Å². The number of nitrogens with zero attached hydrogens (tertiary/aromatic N) is 1. The molecule has 0 spiro atoms. The van der Waals surface area contributed by atoms with E-state index < -0.39 is 5.97 Å². The number of rotatable bonds is 4. The quantitative estimate of drug-likeness (QED) is 0.663. The number of hydrogen-bond acceptors (Lipinski definition) is 5. The first kappa shape index (κ1) is 12.8. The monoisotopic (exact) mass is 282 g/mol. The second-order valence-electron chi connectivity index (χ2n) is 3.56. The maximum atomic E-state index is 11.2. The summed E-state index contributed by atoms with van der Waals surface area (Å²) in [6.45, 7) is 1.74. The minimum absolute atomic E-state index is 0.200. The number of carboxylic acids is 1. The van der Waals surface area contributed by atoms with E-state index in [1.165, 1.54) is 29.2 Å². The minimum atomic E-state index is -0.925. The molecule has 2 heterocycles. The largest absolute Gasteiger partial charge is 0.477 e. The molecule has 5 nitrogen and oxygen atoms in total. The Morgan fingerprint density at radius 3 is 3.06 bits per heavy atom. The average molecular weight is 282 g/mol. The molecule has 2 aromatic rings. The van der Waals surface area contributed by atoms with E-state index in [1.54, 1.807) is 18.4 Å². The van der Waals surface area contributed by atoms with Gasteiger partial charge in [0.05, 0.1) is 0 Å². The van der Waals surface area contributed by atoms with E-state index in [1.807, 2.05) is 0 Å². The Labute approximate surface area is 111 Å². The van der Waals surface area contributed by atoms with Gasteiger partial charge in [-0.25, -0.2) is 9.78 Å². The maximum absolute atomic E-state index is 11.2. The number of carbonyl (C=O) groups is 1. The third-order valence-corrected chi connectivity index (χ3v) is 4.02. The van der Waals surface area contributed by atoms with Gasteiger partial charge in [-0.05, 0) is 23.9 Å². The molecule has 2 aromatic heterocycles. The van der Waals surface area contributed by atoms with Gasteiger partial charge in [-0.2, -0.15) is 0 Å². The van der Waals surface area contributed by atoms with Gasteiger partial charge in [-0.15, -0.1) is 11.3 Å².